The first-order chi connectivity index (χ1) is 9.81. The van der Waals surface area contributed by atoms with Gasteiger partial charge in [0, 0.05) is 29.2 Å². The smallest absolute Gasteiger partial charge is 0.150 e. The summed E-state index contributed by atoms with van der Waals surface area (Å²) < 4.78 is 7.38. The van der Waals surface area contributed by atoms with Gasteiger partial charge in [0.25, 0.3) is 0 Å². The van der Waals surface area contributed by atoms with E-state index < -0.39 is 0 Å². The van der Waals surface area contributed by atoms with Crippen molar-refractivity contribution in [2.45, 2.75) is 6.54 Å². The zero-order chi connectivity index (χ0) is 13.9. The average Bonchev–Trinajstić information content (AvgIpc) is 2.90. The second-order valence-corrected chi connectivity index (χ2v) is 4.69. The van der Waals surface area contributed by atoms with Gasteiger partial charge in [-0.15, -0.1) is 0 Å². The minimum atomic E-state index is 0.729. The van der Waals surface area contributed by atoms with E-state index in [1.807, 2.05) is 48.7 Å². The zero-order valence-corrected chi connectivity index (χ0v) is 11.2. The number of aldehydes is 1. The topological polar surface area (TPSA) is 31.2 Å². The Morgan fingerprint density at radius 1 is 1.15 bits per heavy atom. The first kappa shape index (κ1) is 12.5. The van der Waals surface area contributed by atoms with Crippen LogP contribution in [0, 0.1) is 0 Å². The van der Waals surface area contributed by atoms with Gasteiger partial charge >= 0.3 is 0 Å². The fraction of sp³-hybridized carbons (Fsp3) is 0.118. The van der Waals surface area contributed by atoms with Crippen LogP contribution in [0.1, 0.15) is 15.9 Å². The quantitative estimate of drug-likeness (QED) is 0.676. The Bertz CT molecular complexity index is 759. The van der Waals surface area contributed by atoms with Gasteiger partial charge in [-0.1, -0.05) is 24.3 Å². The standard InChI is InChI=1S/C17H15NO2/c1-20-15-6-2-4-13(10-15)11-18-9-8-16-14(12-19)5-3-7-17(16)18/h2-10,12H,11H2,1H3. The minimum Gasteiger partial charge on any atom is -0.497 e. The van der Waals surface area contributed by atoms with Crippen LogP contribution in [0.2, 0.25) is 0 Å². The highest BCUT2D eigenvalue weighted by atomic mass is 16.5. The monoisotopic (exact) mass is 265 g/mol. The highest BCUT2D eigenvalue weighted by molar-refractivity contribution is 5.97. The van der Waals surface area contributed by atoms with Gasteiger partial charge in [-0.3, -0.25) is 4.79 Å². The molecule has 1 heterocycles. The second-order valence-electron chi connectivity index (χ2n) is 4.69. The Morgan fingerprint density at radius 3 is 2.80 bits per heavy atom. The molecule has 0 amide bonds. The summed E-state index contributed by atoms with van der Waals surface area (Å²) >= 11 is 0. The van der Waals surface area contributed by atoms with E-state index in [1.165, 1.54) is 5.56 Å². The highest BCUT2D eigenvalue weighted by Gasteiger charge is 2.05. The summed E-state index contributed by atoms with van der Waals surface area (Å²) in [5, 5.41) is 0.991. The number of carbonyl (C=O) groups excluding carboxylic acids is 1. The van der Waals surface area contributed by atoms with Gasteiger partial charge in [0.05, 0.1) is 7.11 Å². The third kappa shape index (κ3) is 2.18. The molecule has 1 aromatic heterocycles. The summed E-state index contributed by atoms with van der Waals surface area (Å²) in [5.74, 6) is 0.854. The van der Waals surface area contributed by atoms with Gasteiger partial charge in [0.2, 0.25) is 0 Å². The number of rotatable bonds is 4. The Hall–Kier alpha value is -2.55. The Kier molecular flexibility index (Phi) is 3.25. The molecule has 0 N–H and O–H groups in total. The predicted octanol–water partition coefficient (Wildman–Crippen LogP) is 3.51. The molecule has 3 rings (SSSR count). The fourth-order valence-corrected chi connectivity index (χ4v) is 2.46. The summed E-state index contributed by atoms with van der Waals surface area (Å²) in [7, 11) is 1.67. The molecule has 20 heavy (non-hydrogen) atoms. The van der Waals surface area contributed by atoms with E-state index >= 15 is 0 Å². The molecule has 0 saturated heterocycles. The van der Waals surface area contributed by atoms with Gasteiger partial charge < -0.3 is 9.30 Å². The number of hydrogen-bond acceptors (Lipinski definition) is 2. The van der Waals surface area contributed by atoms with Crippen LogP contribution in [0.25, 0.3) is 10.9 Å². The molecule has 0 saturated carbocycles. The minimum absolute atomic E-state index is 0.729. The normalized spacial score (nSPS) is 10.7. The molecule has 0 unspecified atom stereocenters. The molecule has 0 radical (unpaired) electrons. The Labute approximate surface area is 117 Å². The molecular formula is C17H15NO2. The van der Waals surface area contributed by atoms with Crippen molar-refractivity contribution in [3.8, 4) is 5.75 Å². The van der Waals surface area contributed by atoms with E-state index in [2.05, 4.69) is 10.6 Å². The average molecular weight is 265 g/mol. The van der Waals surface area contributed by atoms with Crippen molar-refractivity contribution in [1.82, 2.24) is 4.57 Å². The lowest BCUT2D eigenvalue weighted by atomic mass is 10.1. The molecule has 0 aliphatic heterocycles. The maximum Gasteiger partial charge on any atom is 0.150 e. The number of hydrogen-bond donors (Lipinski definition) is 0. The second kappa shape index (κ2) is 5.21. The van der Waals surface area contributed by atoms with Crippen molar-refractivity contribution in [2.24, 2.45) is 0 Å². The molecule has 3 nitrogen and oxygen atoms in total. The lowest BCUT2D eigenvalue weighted by molar-refractivity contribution is 0.112. The third-order valence-electron chi connectivity index (χ3n) is 3.46. The van der Waals surface area contributed by atoms with Crippen LogP contribution in [-0.2, 0) is 6.54 Å². The highest BCUT2D eigenvalue weighted by Crippen LogP contribution is 2.21. The van der Waals surface area contributed by atoms with Gasteiger partial charge in [-0.2, -0.15) is 0 Å². The van der Waals surface area contributed by atoms with Gasteiger partial charge in [-0.05, 0) is 29.8 Å². The summed E-state index contributed by atoms with van der Waals surface area (Å²) in [4.78, 5) is 11.0. The number of benzene rings is 2. The van der Waals surface area contributed by atoms with Gasteiger partial charge in [0.1, 0.15) is 5.75 Å². The van der Waals surface area contributed by atoms with Crippen LogP contribution in [0.15, 0.2) is 54.7 Å². The lowest BCUT2D eigenvalue weighted by Crippen LogP contribution is -1.98. The van der Waals surface area contributed by atoms with Crippen LogP contribution < -0.4 is 4.74 Å². The Balaban J connectivity index is 2.00. The molecular weight excluding hydrogens is 250 g/mol. The van der Waals surface area contributed by atoms with Crippen LogP contribution in [0.3, 0.4) is 0 Å². The van der Waals surface area contributed by atoms with E-state index in [0.29, 0.717) is 0 Å². The number of ether oxygens (including phenoxy) is 1. The van der Waals surface area contributed by atoms with E-state index in [4.69, 9.17) is 4.74 Å². The van der Waals surface area contributed by atoms with Crippen LogP contribution in [0.5, 0.6) is 5.75 Å². The number of carbonyl (C=O) groups is 1. The molecule has 3 heteroatoms. The summed E-state index contributed by atoms with van der Waals surface area (Å²) in [6.45, 7) is 0.753. The van der Waals surface area contributed by atoms with Crippen LogP contribution in [-0.4, -0.2) is 18.0 Å². The molecule has 0 aliphatic carbocycles. The summed E-state index contributed by atoms with van der Waals surface area (Å²) in [6, 6.07) is 15.8. The third-order valence-corrected chi connectivity index (χ3v) is 3.46. The maximum absolute atomic E-state index is 11.0. The molecule has 0 spiro atoms. The number of fused-ring (bicyclic) bond motifs is 1. The van der Waals surface area contributed by atoms with Crippen molar-refractivity contribution in [1.29, 1.82) is 0 Å². The van der Waals surface area contributed by atoms with Crippen molar-refractivity contribution in [3.05, 3.63) is 65.9 Å². The molecule has 100 valence electrons. The molecule has 0 bridgehead atoms. The SMILES string of the molecule is COc1cccc(Cn2ccc3c(C=O)cccc32)c1. The molecule has 0 atom stereocenters. The molecule has 2 aromatic carbocycles. The largest absolute Gasteiger partial charge is 0.497 e. The van der Waals surface area contributed by atoms with Gasteiger partial charge in [-0.25, -0.2) is 0 Å². The lowest BCUT2D eigenvalue weighted by Gasteiger charge is -2.07. The maximum atomic E-state index is 11.0. The van der Waals surface area contributed by atoms with Crippen LogP contribution >= 0.6 is 0 Å². The number of nitrogens with zero attached hydrogens (tertiary/aromatic N) is 1. The van der Waals surface area contributed by atoms with Crippen molar-refractivity contribution in [3.63, 3.8) is 0 Å². The van der Waals surface area contributed by atoms with Crippen molar-refractivity contribution in [2.75, 3.05) is 7.11 Å². The van der Waals surface area contributed by atoms with E-state index in [1.54, 1.807) is 7.11 Å². The molecule has 0 fully saturated rings. The molecule has 0 aliphatic rings. The Morgan fingerprint density at radius 2 is 2.00 bits per heavy atom. The zero-order valence-electron chi connectivity index (χ0n) is 11.2. The fourth-order valence-electron chi connectivity index (χ4n) is 2.46. The van der Waals surface area contributed by atoms with Gasteiger partial charge in [0.15, 0.2) is 6.29 Å². The first-order valence-corrected chi connectivity index (χ1v) is 6.48. The van der Waals surface area contributed by atoms with E-state index in [-0.39, 0.29) is 0 Å². The van der Waals surface area contributed by atoms with E-state index in [9.17, 15) is 4.79 Å². The summed E-state index contributed by atoms with van der Waals surface area (Å²) in [6.07, 6.45) is 2.91. The van der Waals surface area contributed by atoms with Crippen molar-refractivity contribution >= 4 is 17.2 Å². The predicted molar refractivity (Wildman–Crippen MR) is 79.4 cm³/mol. The number of methoxy groups -OCH3 is 1. The number of aromatic nitrogens is 1. The molecule has 3 aromatic rings. The first-order valence-electron chi connectivity index (χ1n) is 6.48. The van der Waals surface area contributed by atoms with Crippen LogP contribution in [0.4, 0.5) is 0 Å². The van der Waals surface area contributed by atoms with E-state index in [0.717, 1.165) is 35.0 Å². The van der Waals surface area contributed by atoms with Crippen molar-refractivity contribution < 1.29 is 9.53 Å². The summed E-state index contributed by atoms with van der Waals surface area (Å²) in [5.41, 5.74) is 2.96.